The maximum Gasteiger partial charge on any atom is 0.0932 e. The molecule has 3 heteroatoms. The van der Waals surface area contributed by atoms with Gasteiger partial charge in [-0.25, -0.2) is 4.98 Å². The van der Waals surface area contributed by atoms with E-state index >= 15 is 0 Å². The molecule has 46 valence electrons. The third-order valence-corrected chi connectivity index (χ3v) is 1.04. The van der Waals surface area contributed by atoms with Crippen molar-refractivity contribution in [1.29, 1.82) is 5.41 Å². The molecule has 0 radical (unpaired) electrons. The molecule has 9 heavy (non-hydrogen) atoms. The maximum absolute atomic E-state index is 6.86. The van der Waals surface area contributed by atoms with Crippen LogP contribution < -0.4 is 0 Å². The number of rotatable bonds is 2. The van der Waals surface area contributed by atoms with Gasteiger partial charge in [0.25, 0.3) is 0 Å². The topological polar surface area (TPSA) is 52.5 Å². The van der Waals surface area contributed by atoms with E-state index in [9.17, 15) is 0 Å². The molecule has 0 unspecified atom stereocenters. The van der Waals surface area contributed by atoms with Gasteiger partial charge in [0.1, 0.15) is 0 Å². The highest BCUT2D eigenvalue weighted by Crippen LogP contribution is 1.98. The average molecular weight is 121 g/mol. The lowest BCUT2D eigenvalue weighted by Gasteiger charge is -1.82. The lowest BCUT2D eigenvalue weighted by Crippen LogP contribution is -1.81. The molecule has 0 saturated carbocycles. The molecule has 0 fully saturated rings. The van der Waals surface area contributed by atoms with Crippen molar-refractivity contribution in [3.8, 4) is 0 Å². The van der Waals surface area contributed by atoms with E-state index < -0.39 is 0 Å². The highest BCUT2D eigenvalue weighted by atomic mass is 14.9. The Labute approximate surface area is 53.0 Å². The minimum atomic E-state index is 0.699. The fourth-order valence-corrected chi connectivity index (χ4v) is 0.593. The zero-order valence-corrected chi connectivity index (χ0v) is 4.89. The normalized spacial score (nSPS) is 8.89. The minimum Gasteiger partial charge on any atom is -0.343 e. The first kappa shape index (κ1) is 5.75. The summed E-state index contributed by atoms with van der Waals surface area (Å²) in [5.74, 6) is 0. The van der Waals surface area contributed by atoms with E-state index in [4.69, 9.17) is 5.41 Å². The highest BCUT2D eigenvalue weighted by molar-refractivity contribution is 5.79. The summed E-state index contributed by atoms with van der Waals surface area (Å²) < 4.78 is 0. The average Bonchev–Trinajstić information content (AvgIpc) is 2.33. The first-order valence-electron chi connectivity index (χ1n) is 2.54. The molecule has 1 rings (SSSR count). The zero-order chi connectivity index (χ0) is 6.69. The Hall–Kier alpha value is -1.38. The van der Waals surface area contributed by atoms with Crippen LogP contribution >= 0.6 is 0 Å². The van der Waals surface area contributed by atoms with Crippen LogP contribution in [0, 0.1) is 5.41 Å². The van der Waals surface area contributed by atoms with Crippen molar-refractivity contribution in [3.63, 3.8) is 0 Å². The molecule has 3 nitrogen and oxygen atoms in total. The molecule has 2 N–H and O–H groups in total. The molecular formula is C6H7N3. The van der Waals surface area contributed by atoms with Crippen molar-refractivity contribution in [2.75, 3.05) is 0 Å². The number of imidazole rings is 1. The first-order valence-corrected chi connectivity index (χ1v) is 2.54. The van der Waals surface area contributed by atoms with Crippen LogP contribution in [0.1, 0.15) is 11.4 Å². The smallest absolute Gasteiger partial charge is 0.0932 e. The molecule has 1 heterocycles. The van der Waals surface area contributed by atoms with E-state index in [1.165, 1.54) is 12.5 Å². The Balaban J connectivity index is 3.12. The molecule has 0 aliphatic carbocycles. The van der Waals surface area contributed by atoms with Crippen LogP contribution in [0.25, 0.3) is 6.08 Å². The summed E-state index contributed by atoms with van der Waals surface area (Å²) in [5.41, 5.74) is 1.43. The minimum absolute atomic E-state index is 0.699. The van der Waals surface area contributed by atoms with Gasteiger partial charge in [-0.3, -0.25) is 0 Å². The lowest BCUT2D eigenvalue weighted by atomic mass is 10.3. The number of aromatic nitrogens is 2. The van der Waals surface area contributed by atoms with Gasteiger partial charge in [-0.1, -0.05) is 6.58 Å². The van der Waals surface area contributed by atoms with Gasteiger partial charge in [-0.05, 0) is 6.08 Å². The second kappa shape index (κ2) is 2.26. The summed E-state index contributed by atoms with van der Waals surface area (Å²) in [7, 11) is 0. The summed E-state index contributed by atoms with van der Waals surface area (Å²) >= 11 is 0. The number of H-pyrrole nitrogens is 1. The van der Waals surface area contributed by atoms with E-state index in [-0.39, 0.29) is 0 Å². The monoisotopic (exact) mass is 121 g/mol. The van der Waals surface area contributed by atoms with E-state index in [0.29, 0.717) is 5.69 Å². The molecule has 0 aromatic carbocycles. The van der Waals surface area contributed by atoms with E-state index in [0.717, 1.165) is 5.69 Å². The van der Waals surface area contributed by atoms with Gasteiger partial charge < -0.3 is 10.4 Å². The lowest BCUT2D eigenvalue weighted by molar-refractivity contribution is 1.30. The van der Waals surface area contributed by atoms with E-state index in [1.807, 2.05) is 0 Å². The van der Waals surface area contributed by atoms with E-state index in [1.54, 1.807) is 6.08 Å². The molecule has 0 spiro atoms. The van der Waals surface area contributed by atoms with Crippen molar-refractivity contribution in [2.45, 2.75) is 0 Å². The van der Waals surface area contributed by atoms with E-state index in [2.05, 4.69) is 16.5 Å². The van der Waals surface area contributed by atoms with Crippen molar-refractivity contribution >= 4 is 12.3 Å². The molecule has 0 amide bonds. The predicted octanol–water partition coefficient (Wildman–Crippen LogP) is 1.05. The third kappa shape index (κ3) is 0.887. The summed E-state index contributed by atoms with van der Waals surface area (Å²) in [6.45, 7) is 3.53. The Kier molecular flexibility index (Phi) is 1.44. The van der Waals surface area contributed by atoms with Crippen LogP contribution in [-0.4, -0.2) is 16.2 Å². The SMILES string of the molecule is C=Cc1nc[nH]c1C=N. The Morgan fingerprint density at radius 1 is 1.78 bits per heavy atom. The second-order valence-electron chi connectivity index (χ2n) is 1.55. The van der Waals surface area contributed by atoms with Crippen molar-refractivity contribution in [1.82, 2.24) is 9.97 Å². The van der Waals surface area contributed by atoms with Crippen LogP contribution in [-0.2, 0) is 0 Å². The summed E-state index contributed by atoms with van der Waals surface area (Å²) in [6, 6.07) is 0. The largest absolute Gasteiger partial charge is 0.343 e. The molecule has 0 aliphatic rings. The van der Waals surface area contributed by atoms with Crippen molar-refractivity contribution in [2.24, 2.45) is 0 Å². The van der Waals surface area contributed by atoms with Crippen molar-refractivity contribution < 1.29 is 0 Å². The van der Waals surface area contributed by atoms with Crippen LogP contribution in [0.2, 0.25) is 0 Å². The first-order chi connectivity index (χ1) is 4.38. The van der Waals surface area contributed by atoms with Crippen LogP contribution in [0.3, 0.4) is 0 Å². The maximum atomic E-state index is 6.86. The van der Waals surface area contributed by atoms with Gasteiger partial charge >= 0.3 is 0 Å². The molecule has 0 saturated heterocycles. The van der Waals surface area contributed by atoms with Gasteiger partial charge in [0.05, 0.1) is 17.7 Å². The molecule has 0 aliphatic heterocycles. The number of aromatic amines is 1. The zero-order valence-electron chi connectivity index (χ0n) is 4.89. The van der Waals surface area contributed by atoms with Crippen LogP contribution in [0.15, 0.2) is 12.9 Å². The predicted molar refractivity (Wildman–Crippen MR) is 36.6 cm³/mol. The van der Waals surface area contributed by atoms with Gasteiger partial charge in [0.2, 0.25) is 0 Å². The second-order valence-corrected chi connectivity index (χ2v) is 1.55. The molecule has 0 bridgehead atoms. The fraction of sp³-hybridized carbons (Fsp3) is 0. The molecule has 0 atom stereocenters. The summed E-state index contributed by atoms with van der Waals surface area (Å²) in [6.07, 6.45) is 4.36. The van der Waals surface area contributed by atoms with Gasteiger partial charge in [0, 0.05) is 6.21 Å². The molecular weight excluding hydrogens is 114 g/mol. The number of nitrogens with zero attached hydrogens (tertiary/aromatic N) is 1. The van der Waals surface area contributed by atoms with Crippen LogP contribution in [0.4, 0.5) is 0 Å². The molecule has 1 aromatic rings. The van der Waals surface area contributed by atoms with Gasteiger partial charge in [-0.15, -0.1) is 0 Å². The summed E-state index contributed by atoms with van der Waals surface area (Å²) in [4.78, 5) is 6.66. The fourth-order valence-electron chi connectivity index (χ4n) is 0.593. The Morgan fingerprint density at radius 3 is 3.00 bits per heavy atom. The number of nitrogens with one attached hydrogen (secondary N) is 2. The van der Waals surface area contributed by atoms with Crippen molar-refractivity contribution in [3.05, 3.63) is 24.3 Å². The van der Waals surface area contributed by atoms with Gasteiger partial charge in [-0.2, -0.15) is 0 Å². The Morgan fingerprint density at radius 2 is 2.56 bits per heavy atom. The molecule has 1 aromatic heterocycles. The van der Waals surface area contributed by atoms with Crippen LogP contribution in [0.5, 0.6) is 0 Å². The quantitative estimate of drug-likeness (QED) is 0.564. The summed E-state index contributed by atoms with van der Waals surface area (Å²) in [5, 5.41) is 6.86. The highest BCUT2D eigenvalue weighted by Gasteiger charge is 1.94. The Bertz CT molecular complexity index is 201. The number of hydrogen-bond donors (Lipinski definition) is 2. The van der Waals surface area contributed by atoms with Gasteiger partial charge in [0.15, 0.2) is 0 Å². The number of hydrogen-bond acceptors (Lipinski definition) is 2. The standard InChI is InChI=1S/C6H7N3/c1-2-5-6(3-7)9-4-8-5/h2-4,7H,1H2,(H,8,9). The third-order valence-electron chi connectivity index (χ3n) is 1.04.